The van der Waals surface area contributed by atoms with Gasteiger partial charge in [0.15, 0.2) is 0 Å². The van der Waals surface area contributed by atoms with Crippen LogP contribution < -0.4 is 10.5 Å². The maximum absolute atomic E-state index is 12.6. The van der Waals surface area contributed by atoms with Gasteiger partial charge in [-0.25, -0.2) is 0 Å². The molecule has 0 bridgehead atoms. The van der Waals surface area contributed by atoms with Crippen LogP contribution in [0, 0.1) is 5.41 Å². The molecule has 1 aromatic carbocycles. The number of ether oxygens (including phenoxy) is 1. The lowest BCUT2D eigenvalue weighted by atomic mass is 10.1. The Balaban J connectivity index is 2.90. The molecular weight excluding hydrogens is 257 g/mol. The predicted molar refractivity (Wildman–Crippen MR) is 67.5 cm³/mol. The lowest BCUT2D eigenvalue weighted by Crippen LogP contribution is -2.15. The first-order valence-electron chi connectivity index (χ1n) is 6.04. The van der Waals surface area contributed by atoms with Gasteiger partial charge < -0.3 is 10.5 Å². The second-order valence-electron chi connectivity index (χ2n) is 4.18. The number of halogens is 3. The van der Waals surface area contributed by atoms with E-state index in [1.165, 1.54) is 6.07 Å². The summed E-state index contributed by atoms with van der Waals surface area (Å²) in [4.78, 5) is 0. The summed E-state index contributed by atoms with van der Waals surface area (Å²) in [6.45, 7) is 2.44. The van der Waals surface area contributed by atoms with Gasteiger partial charge >= 0.3 is 6.18 Å². The molecule has 0 unspecified atom stereocenters. The van der Waals surface area contributed by atoms with E-state index in [4.69, 9.17) is 15.9 Å². The minimum atomic E-state index is -4.45. The van der Waals surface area contributed by atoms with Gasteiger partial charge in [-0.05, 0) is 24.6 Å². The standard InChI is InChI=1S/C13H17F3N2O/c1-2-3-4-7-19-11-6-5-9(13(14,15)16)8-10(11)12(17)18/h5-6,8H,2-4,7H2,1H3,(H3,17,18). The number of nitrogen functional groups attached to an aromatic ring is 1. The van der Waals surface area contributed by atoms with E-state index in [0.29, 0.717) is 6.61 Å². The predicted octanol–water partition coefficient (Wildman–Crippen LogP) is 3.56. The molecule has 0 spiro atoms. The Labute approximate surface area is 110 Å². The summed E-state index contributed by atoms with van der Waals surface area (Å²) in [7, 11) is 0. The van der Waals surface area contributed by atoms with Gasteiger partial charge in [0.05, 0.1) is 17.7 Å². The average molecular weight is 274 g/mol. The molecule has 1 rings (SSSR count). The minimum absolute atomic E-state index is 0.0219. The number of benzene rings is 1. The summed E-state index contributed by atoms with van der Waals surface area (Å²) in [6.07, 6.45) is -1.63. The van der Waals surface area contributed by atoms with Crippen LogP contribution in [0.3, 0.4) is 0 Å². The number of amidine groups is 1. The smallest absolute Gasteiger partial charge is 0.416 e. The van der Waals surface area contributed by atoms with Crippen LogP contribution >= 0.6 is 0 Å². The summed E-state index contributed by atoms with van der Waals surface area (Å²) in [5.74, 6) is -0.215. The van der Waals surface area contributed by atoms with E-state index < -0.39 is 17.6 Å². The van der Waals surface area contributed by atoms with Crippen molar-refractivity contribution in [2.75, 3.05) is 6.61 Å². The molecule has 6 heteroatoms. The Morgan fingerprint density at radius 1 is 1.32 bits per heavy atom. The van der Waals surface area contributed by atoms with Crippen molar-refractivity contribution in [2.24, 2.45) is 5.73 Å². The second-order valence-corrected chi connectivity index (χ2v) is 4.18. The number of unbranched alkanes of at least 4 members (excludes halogenated alkanes) is 2. The summed E-state index contributed by atoms with van der Waals surface area (Å²) < 4.78 is 43.1. The van der Waals surface area contributed by atoms with E-state index in [2.05, 4.69) is 0 Å². The topological polar surface area (TPSA) is 59.1 Å². The molecule has 3 nitrogen and oxygen atoms in total. The molecule has 0 fully saturated rings. The Hall–Kier alpha value is -1.72. The zero-order valence-electron chi connectivity index (χ0n) is 10.7. The third-order valence-corrected chi connectivity index (χ3v) is 2.60. The van der Waals surface area contributed by atoms with Crippen LogP contribution in [0.4, 0.5) is 13.2 Å². The maximum atomic E-state index is 12.6. The van der Waals surface area contributed by atoms with Crippen LogP contribution in [0.25, 0.3) is 0 Å². The Morgan fingerprint density at radius 2 is 2.00 bits per heavy atom. The Kier molecular flexibility index (Phi) is 5.20. The van der Waals surface area contributed by atoms with Gasteiger partial charge in [-0.1, -0.05) is 19.8 Å². The monoisotopic (exact) mass is 274 g/mol. The molecule has 0 saturated carbocycles. The van der Waals surface area contributed by atoms with E-state index >= 15 is 0 Å². The minimum Gasteiger partial charge on any atom is -0.493 e. The molecule has 0 radical (unpaired) electrons. The highest BCUT2D eigenvalue weighted by atomic mass is 19.4. The van der Waals surface area contributed by atoms with Crippen LogP contribution in [0.1, 0.15) is 37.3 Å². The number of hydrogen-bond donors (Lipinski definition) is 2. The Bertz CT molecular complexity index is 444. The fourth-order valence-corrected chi connectivity index (χ4v) is 1.58. The highest BCUT2D eigenvalue weighted by Crippen LogP contribution is 2.32. The first-order chi connectivity index (χ1) is 8.86. The quantitative estimate of drug-likeness (QED) is 0.473. The first kappa shape index (κ1) is 15.3. The molecule has 1 aromatic rings. The molecule has 3 N–H and O–H groups in total. The van der Waals surface area contributed by atoms with Crippen molar-refractivity contribution in [3.05, 3.63) is 29.3 Å². The zero-order chi connectivity index (χ0) is 14.5. The van der Waals surface area contributed by atoms with Crippen LogP contribution in [0.5, 0.6) is 5.75 Å². The largest absolute Gasteiger partial charge is 0.493 e. The van der Waals surface area contributed by atoms with Gasteiger partial charge in [-0.3, -0.25) is 5.41 Å². The van der Waals surface area contributed by atoms with Crippen molar-refractivity contribution >= 4 is 5.84 Å². The van der Waals surface area contributed by atoms with Gasteiger partial charge in [0.25, 0.3) is 0 Å². The molecule has 0 aliphatic heterocycles. The van der Waals surface area contributed by atoms with Crippen molar-refractivity contribution in [2.45, 2.75) is 32.4 Å². The van der Waals surface area contributed by atoms with E-state index in [0.717, 1.165) is 31.4 Å². The van der Waals surface area contributed by atoms with Gasteiger partial charge in [0, 0.05) is 0 Å². The van der Waals surface area contributed by atoms with Crippen LogP contribution in [-0.4, -0.2) is 12.4 Å². The molecular formula is C13H17F3N2O. The SMILES string of the molecule is CCCCCOc1ccc(C(F)(F)F)cc1C(=N)N. The van der Waals surface area contributed by atoms with Crippen molar-refractivity contribution in [1.82, 2.24) is 0 Å². The first-order valence-corrected chi connectivity index (χ1v) is 6.04. The number of nitrogens with one attached hydrogen (secondary N) is 1. The van der Waals surface area contributed by atoms with E-state index in [-0.39, 0.29) is 11.3 Å². The molecule has 0 saturated heterocycles. The fourth-order valence-electron chi connectivity index (χ4n) is 1.58. The molecule has 0 heterocycles. The summed E-state index contributed by atoms with van der Waals surface area (Å²) in [5, 5.41) is 7.32. The zero-order valence-corrected chi connectivity index (χ0v) is 10.7. The van der Waals surface area contributed by atoms with E-state index in [1.807, 2.05) is 6.92 Å². The van der Waals surface area contributed by atoms with Gasteiger partial charge in [0.1, 0.15) is 11.6 Å². The third-order valence-electron chi connectivity index (χ3n) is 2.60. The van der Waals surface area contributed by atoms with Gasteiger partial charge in [0.2, 0.25) is 0 Å². The molecule has 0 aromatic heterocycles. The van der Waals surface area contributed by atoms with Crippen molar-refractivity contribution in [1.29, 1.82) is 5.41 Å². The number of hydrogen-bond acceptors (Lipinski definition) is 2. The maximum Gasteiger partial charge on any atom is 0.416 e. The highest BCUT2D eigenvalue weighted by molar-refractivity contribution is 5.97. The highest BCUT2D eigenvalue weighted by Gasteiger charge is 2.31. The number of alkyl halides is 3. The van der Waals surface area contributed by atoms with Crippen LogP contribution in [-0.2, 0) is 6.18 Å². The summed E-state index contributed by atoms with van der Waals surface area (Å²) in [6, 6.07) is 2.99. The fraction of sp³-hybridized carbons (Fsp3) is 0.462. The summed E-state index contributed by atoms with van der Waals surface area (Å²) in [5.41, 5.74) is 4.44. The number of rotatable bonds is 6. The van der Waals surface area contributed by atoms with Crippen molar-refractivity contribution in [3.8, 4) is 5.75 Å². The molecule has 0 aliphatic rings. The molecule has 0 aliphatic carbocycles. The van der Waals surface area contributed by atoms with Crippen LogP contribution in [0.15, 0.2) is 18.2 Å². The molecule has 0 amide bonds. The van der Waals surface area contributed by atoms with Gasteiger partial charge in [-0.15, -0.1) is 0 Å². The van der Waals surface area contributed by atoms with Crippen molar-refractivity contribution < 1.29 is 17.9 Å². The number of nitrogens with two attached hydrogens (primary N) is 1. The molecule has 19 heavy (non-hydrogen) atoms. The average Bonchev–Trinajstić information content (AvgIpc) is 2.33. The lowest BCUT2D eigenvalue weighted by Gasteiger charge is -2.13. The lowest BCUT2D eigenvalue weighted by molar-refractivity contribution is -0.137. The molecule has 0 atom stereocenters. The van der Waals surface area contributed by atoms with E-state index in [9.17, 15) is 13.2 Å². The van der Waals surface area contributed by atoms with E-state index in [1.54, 1.807) is 0 Å². The van der Waals surface area contributed by atoms with Crippen molar-refractivity contribution in [3.63, 3.8) is 0 Å². The van der Waals surface area contributed by atoms with Gasteiger partial charge in [-0.2, -0.15) is 13.2 Å². The summed E-state index contributed by atoms with van der Waals surface area (Å²) >= 11 is 0. The third kappa shape index (κ3) is 4.46. The normalized spacial score (nSPS) is 11.4. The molecule has 106 valence electrons. The van der Waals surface area contributed by atoms with Crippen LogP contribution in [0.2, 0.25) is 0 Å². The second kappa shape index (κ2) is 6.45. The Morgan fingerprint density at radius 3 is 2.53 bits per heavy atom.